The van der Waals surface area contributed by atoms with Crippen LogP contribution in [-0.4, -0.2) is 31.5 Å². The number of ether oxygens (including phenoxy) is 2. The Morgan fingerprint density at radius 3 is 2.57 bits per heavy atom. The molecule has 0 saturated heterocycles. The third-order valence-corrected chi connectivity index (χ3v) is 3.49. The number of hydrogen-bond acceptors (Lipinski definition) is 4. The van der Waals surface area contributed by atoms with Crippen LogP contribution in [0.3, 0.4) is 0 Å². The topological polar surface area (TPSA) is 50.7 Å². The van der Waals surface area contributed by atoms with Gasteiger partial charge in [0, 0.05) is 12.6 Å². The summed E-state index contributed by atoms with van der Waals surface area (Å²) < 4.78 is 11.2. The summed E-state index contributed by atoms with van der Waals surface area (Å²) in [5.74, 6) is 2.18. The first kappa shape index (κ1) is 17.8. The van der Waals surface area contributed by atoms with Crippen LogP contribution in [0.5, 0.6) is 11.5 Å². The molecule has 0 aromatic heterocycles. The van der Waals surface area contributed by atoms with E-state index < -0.39 is 0 Å². The second-order valence-corrected chi connectivity index (χ2v) is 5.68. The van der Waals surface area contributed by atoms with Gasteiger partial charge >= 0.3 is 0 Å². The third-order valence-electron chi connectivity index (χ3n) is 3.49. The van der Waals surface area contributed by atoms with Crippen LogP contribution in [0.1, 0.15) is 39.2 Å². The van der Waals surface area contributed by atoms with Gasteiger partial charge in [-0.3, -0.25) is 0 Å². The molecule has 21 heavy (non-hydrogen) atoms. The number of benzene rings is 1. The third kappa shape index (κ3) is 6.36. The Hall–Kier alpha value is -1.26. The van der Waals surface area contributed by atoms with Crippen LogP contribution in [0.15, 0.2) is 18.2 Å². The van der Waals surface area contributed by atoms with Crippen molar-refractivity contribution in [3.63, 3.8) is 0 Å². The molecule has 4 nitrogen and oxygen atoms in total. The Bertz CT molecular complexity index is 403. The molecule has 0 spiro atoms. The van der Waals surface area contributed by atoms with E-state index in [4.69, 9.17) is 9.47 Å². The number of nitrogens with one attached hydrogen (secondary N) is 1. The summed E-state index contributed by atoms with van der Waals surface area (Å²) in [6.07, 6.45) is 1.94. The van der Waals surface area contributed by atoms with Crippen LogP contribution in [-0.2, 0) is 6.54 Å². The zero-order chi connectivity index (χ0) is 15.7. The summed E-state index contributed by atoms with van der Waals surface area (Å²) in [7, 11) is 1.66. The van der Waals surface area contributed by atoms with Gasteiger partial charge in [-0.2, -0.15) is 0 Å². The Labute approximate surface area is 128 Å². The first-order chi connectivity index (χ1) is 10.1. The van der Waals surface area contributed by atoms with Gasteiger partial charge < -0.3 is 19.9 Å². The Balaban J connectivity index is 2.60. The number of rotatable bonds is 10. The highest BCUT2D eigenvalue weighted by Crippen LogP contribution is 2.28. The lowest BCUT2D eigenvalue weighted by Gasteiger charge is -2.16. The van der Waals surface area contributed by atoms with Crippen LogP contribution in [0, 0.1) is 5.92 Å². The van der Waals surface area contributed by atoms with Crippen molar-refractivity contribution in [2.24, 2.45) is 5.92 Å². The van der Waals surface area contributed by atoms with Gasteiger partial charge in [-0.05, 0) is 36.5 Å². The van der Waals surface area contributed by atoms with Gasteiger partial charge in [-0.1, -0.05) is 26.8 Å². The summed E-state index contributed by atoms with van der Waals surface area (Å²) in [6.45, 7) is 7.99. The minimum absolute atomic E-state index is 0.137. The SMILES string of the molecule is CCC(CO)NCc1ccc(OCCC(C)C)c(OC)c1. The highest BCUT2D eigenvalue weighted by molar-refractivity contribution is 5.42. The van der Waals surface area contributed by atoms with Gasteiger partial charge in [-0.15, -0.1) is 0 Å². The van der Waals surface area contributed by atoms with Gasteiger partial charge in [0.2, 0.25) is 0 Å². The zero-order valence-corrected chi connectivity index (χ0v) is 13.7. The second-order valence-electron chi connectivity index (χ2n) is 5.68. The molecule has 1 unspecified atom stereocenters. The Kier molecular flexibility index (Phi) is 8.16. The molecule has 1 atom stereocenters. The smallest absolute Gasteiger partial charge is 0.161 e. The summed E-state index contributed by atoms with van der Waals surface area (Å²) in [6, 6.07) is 6.11. The highest BCUT2D eigenvalue weighted by Gasteiger charge is 2.08. The summed E-state index contributed by atoms with van der Waals surface area (Å²) >= 11 is 0. The molecule has 0 fully saturated rings. The lowest BCUT2D eigenvalue weighted by molar-refractivity contribution is 0.238. The van der Waals surface area contributed by atoms with Crippen molar-refractivity contribution in [2.75, 3.05) is 20.3 Å². The van der Waals surface area contributed by atoms with Gasteiger partial charge in [-0.25, -0.2) is 0 Å². The molecule has 0 aliphatic rings. The minimum Gasteiger partial charge on any atom is -0.493 e. The van der Waals surface area contributed by atoms with E-state index >= 15 is 0 Å². The fourth-order valence-corrected chi connectivity index (χ4v) is 1.95. The molecule has 0 aliphatic carbocycles. The molecule has 0 saturated carbocycles. The predicted molar refractivity (Wildman–Crippen MR) is 85.9 cm³/mol. The van der Waals surface area contributed by atoms with Crippen LogP contribution < -0.4 is 14.8 Å². The quantitative estimate of drug-likeness (QED) is 0.697. The number of hydrogen-bond donors (Lipinski definition) is 2. The van der Waals surface area contributed by atoms with Crippen molar-refractivity contribution >= 4 is 0 Å². The van der Waals surface area contributed by atoms with Gasteiger partial charge in [0.25, 0.3) is 0 Å². The maximum absolute atomic E-state index is 9.18. The van der Waals surface area contributed by atoms with Crippen LogP contribution in [0.2, 0.25) is 0 Å². The van der Waals surface area contributed by atoms with E-state index in [1.807, 2.05) is 18.2 Å². The van der Waals surface area contributed by atoms with Crippen LogP contribution in [0.4, 0.5) is 0 Å². The first-order valence-corrected chi connectivity index (χ1v) is 7.74. The van der Waals surface area contributed by atoms with Crippen molar-refractivity contribution in [3.05, 3.63) is 23.8 Å². The zero-order valence-electron chi connectivity index (χ0n) is 13.7. The predicted octanol–water partition coefficient (Wildman–Crippen LogP) is 2.98. The molecule has 0 bridgehead atoms. The molecule has 2 N–H and O–H groups in total. The average Bonchev–Trinajstić information content (AvgIpc) is 2.48. The van der Waals surface area contributed by atoms with Crippen molar-refractivity contribution in [2.45, 2.75) is 46.2 Å². The van der Waals surface area contributed by atoms with E-state index in [0.717, 1.165) is 29.9 Å². The summed E-state index contributed by atoms with van der Waals surface area (Å²) in [5, 5.41) is 12.5. The molecular weight excluding hydrogens is 266 g/mol. The monoisotopic (exact) mass is 295 g/mol. The molecule has 1 aromatic rings. The number of methoxy groups -OCH3 is 1. The van der Waals surface area contributed by atoms with Crippen molar-refractivity contribution in [1.29, 1.82) is 0 Å². The second kappa shape index (κ2) is 9.64. The van der Waals surface area contributed by atoms with E-state index in [1.54, 1.807) is 7.11 Å². The van der Waals surface area contributed by atoms with Crippen LogP contribution in [0.25, 0.3) is 0 Å². The lowest BCUT2D eigenvalue weighted by Crippen LogP contribution is -2.31. The molecule has 0 radical (unpaired) electrons. The summed E-state index contributed by atoms with van der Waals surface area (Å²) in [5.41, 5.74) is 1.12. The van der Waals surface area contributed by atoms with Gasteiger partial charge in [0.1, 0.15) is 0 Å². The maximum atomic E-state index is 9.18. The molecule has 0 amide bonds. The van der Waals surface area contributed by atoms with Gasteiger partial charge in [0.15, 0.2) is 11.5 Å². The largest absolute Gasteiger partial charge is 0.493 e. The normalized spacial score (nSPS) is 12.5. The van der Waals surface area contributed by atoms with Crippen molar-refractivity contribution in [3.8, 4) is 11.5 Å². The molecule has 0 heterocycles. The number of aliphatic hydroxyl groups is 1. The fourth-order valence-electron chi connectivity index (χ4n) is 1.95. The molecule has 1 aromatic carbocycles. The minimum atomic E-state index is 0.137. The number of aliphatic hydroxyl groups excluding tert-OH is 1. The standard InChI is InChI=1S/C17H29NO3/c1-5-15(12-19)18-11-14-6-7-16(17(10-14)20-4)21-9-8-13(2)3/h6-7,10,13,15,18-19H,5,8-9,11-12H2,1-4H3. The fraction of sp³-hybridized carbons (Fsp3) is 0.647. The molecule has 1 rings (SSSR count). The Morgan fingerprint density at radius 1 is 1.24 bits per heavy atom. The van der Waals surface area contributed by atoms with E-state index in [2.05, 4.69) is 26.1 Å². The lowest BCUT2D eigenvalue weighted by atomic mass is 10.1. The highest BCUT2D eigenvalue weighted by atomic mass is 16.5. The van der Waals surface area contributed by atoms with Crippen LogP contribution >= 0.6 is 0 Å². The molecular formula is C17H29NO3. The first-order valence-electron chi connectivity index (χ1n) is 7.74. The van der Waals surface area contributed by atoms with Crippen molar-refractivity contribution < 1.29 is 14.6 Å². The van der Waals surface area contributed by atoms with E-state index in [-0.39, 0.29) is 12.6 Å². The average molecular weight is 295 g/mol. The molecule has 120 valence electrons. The molecule has 4 heteroatoms. The Morgan fingerprint density at radius 2 is 2.00 bits per heavy atom. The van der Waals surface area contributed by atoms with Gasteiger partial charge in [0.05, 0.1) is 20.3 Å². The van der Waals surface area contributed by atoms with E-state index in [1.165, 1.54) is 0 Å². The summed E-state index contributed by atoms with van der Waals surface area (Å²) in [4.78, 5) is 0. The molecule has 0 aliphatic heterocycles. The van der Waals surface area contributed by atoms with E-state index in [9.17, 15) is 5.11 Å². The van der Waals surface area contributed by atoms with Crippen molar-refractivity contribution in [1.82, 2.24) is 5.32 Å². The maximum Gasteiger partial charge on any atom is 0.161 e. The van der Waals surface area contributed by atoms with E-state index in [0.29, 0.717) is 19.1 Å².